The number of ketones is 1. The molecule has 4 aromatic rings. The van der Waals surface area contributed by atoms with Crippen molar-refractivity contribution in [1.82, 2.24) is 19.2 Å². The Morgan fingerprint density at radius 3 is 2.41 bits per heavy atom. The van der Waals surface area contributed by atoms with E-state index in [1.54, 1.807) is 24.3 Å². The van der Waals surface area contributed by atoms with E-state index in [9.17, 15) is 14.4 Å². The molecule has 2 aromatic carbocycles. The highest BCUT2D eigenvalue weighted by molar-refractivity contribution is 5.95. The Morgan fingerprint density at radius 1 is 1.06 bits per heavy atom. The summed E-state index contributed by atoms with van der Waals surface area (Å²) in [6, 6.07) is 12.2. The molecule has 1 amide bonds. The van der Waals surface area contributed by atoms with Gasteiger partial charge < -0.3 is 10.1 Å². The van der Waals surface area contributed by atoms with E-state index in [-0.39, 0.29) is 23.9 Å². The van der Waals surface area contributed by atoms with Crippen molar-refractivity contribution in [1.29, 1.82) is 0 Å². The van der Waals surface area contributed by atoms with Crippen LogP contribution in [0.15, 0.2) is 59.7 Å². The summed E-state index contributed by atoms with van der Waals surface area (Å²) >= 11 is 0. The molecular weight excluding hydrogens is 410 g/mol. The van der Waals surface area contributed by atoms with E-state index in [2.05, 4.69) is 15.4 Å². The molecule has 2 aromatic heterocycles. The molecule has 9 heteroatoms. The van der Waals surface area contributed by atoms with E-state index in [0.717, 1.165) is 15.8 Å². The van der Waals surface area contributed by atoms with Crippen molar-refractivity contribution in [3.8, 4) is 11.6 Å². The molecule has 0 fully saturated rings. The number of hydrogen-bond acceptors (Lipinski definition) is 6. The fourth-order valence-corrected chi connectivity index (χ4v) is 3.33. The van der Waals surface area contributed by atoms with Crippen molar-refractivity contribution in [2.24, 2.45) is 0 Å². The Labute approximate surface area is 183 Å². The number of benzene rings is 2. The SMILES string of the molecule is CC(=O)c1ccc(NC(=O)Cn2nc3c(Oc4cc(C)cc(C)c4)nccn3c2=O)cc1. The van der Waals surface area contributed by atoms with E-state index in [1.807, 2.05) is 32.0 Å². The molecule has 2 heterocycles. The van der Waals surface area contributed by atoms with Crippen LogP contribution in [-0.4, -0.2) is 30.9 Å². The number of carbonyl (C=O) groups excluding carboxylic acids is 2. The van der Waals surface area contributed by atoms with Gasteiger partial charge in [0.25, 0.3) is 5.88 Å². The highest BCUT2D eigenvalue weighted by Gasteiger charge is 2.16. The average molecular weight is 431 g/mol. The number of fused-ring (bicyclic) bond motifs is 1. The van der Waals surface area contributed by atoms with Gasteiger partial charge in [-0.1, -0.05) is 6.07 Å². The highest BCUT2D eigenvalue weighted by Crippen LogP contribution is 2.24. The van der Waals surface area contributed by atoms with Crippen LogP contribution < -0.4 is 15.7 Å². The quantitative estimate of drug-likeness (QED) is 0.470. The maximum absolute atomic E-state index is 12.7. The lowest BCUT2D eigenvalue weighted by Gasteiger charge is -2.07. The second-order valence-corrected chi connectivity index (χ2v) is 7.47. The third-order valence-electron chi connectivity index (χ3n) is 4.75. The molecule has 0 radical (unpaired) electrons. The molecule has 1 N–H and O–H groups in total. The van der Waals surface area contributed by atoms with Gasteiger partial charge in [0, 0.05) is 23.6 Å². The van der Waals surface area contributed by atoms with Gasteiger partial charge in [0.15, 0.2) is 5.78 Å². The van der Waals surface area contributed by atoms with E-state index in [4.69, 9.17) is 4.74 Å². The van der Waals surface area contributed by atoms with Gasteiger partial charge in [-0.3, -0.25) is 9.59 Å². The molecular formula is C23H21N5O4. The largest absolute Gasteiger partial charge is 0.436 e. The number of nitrogens with one attached hydrogen (secondary N) is 1. The van der Waals surface area contributed by atoms with Crippen LogP contribution in [0.5, 0.6) is 11.6 Å². The van der Waals surface area contributed by atoms with Gasteiger partial charge in [-0.05, 0) is 68.3 Å². The van der Waals surface area contributed by atoms with Crippen molar-refractivity contribution >= 4 is 23.0 Å². The third-order valence-corrected chi connectivity index (χ3v) is 4.75. The minimum Gasteiger partial charge on any atom is -0.436 e. The molecule has 0 saturated carbocycles. The number of rotatable bonds is 6. The minimum atomic E-state index is -0.491. The summed E-state index contributed by atoms with van der Waals surface area (Å²) in [6.07, 6.45) is 2.91. The van der Waals surface area contributed by atoms with Gasteiger partial charge in [-0.25, -0.2) is 18.9 Å². The van der Waals surface area contributed by atoms with Crippen LogP contribution in [-0.2, 0) is 11.3 Å². The molecule has 32 heavy (non-hydrogen) atoms. The summed E-state index contributed by atoms with van der Waals surface area (Å²) in [5.74, 6) is 0.243. The van der Waals surface area contributed by atoms with Crippen LogP contribution in [0.25, 0.3) is 5.65 Å². The molecule has 0 aliphatic heterocycles. The number of amides is 1. The Hall–Kier alpha value is -4.27. The topological polar surface area (TPSA) is 108 Å². The zero-order chi connectivity index (χ0) is 22.8. The number of hydrogen-bond donors (Lipinski definition) is 1. The number of aromatic nitrogens is 4. The number of carbonyl (C=O) groups is 2. The molecule has 0 unspecified atom stereocenters. The van der Waals surface area contributed by atoms with Gasteiger partial charge in [0.05, 0.1) is 0 Å². The Kier molecular flexibility index (Phi) is 5.55. The maximum Gasteiger partial charge on any atom is 0.351 e. The number of Topliss-reactive ketones (excluding diaryl/α,β-unsaturated/α-hetero) is 1. The van der Waals surface area contributed by atoms with Crippen LogP contribution in [0.4, 0.5) is 5.69 Å². The van der Waals surface area contributed by atoms with E-state index < -0.39 is 11.6 Å². The summed E-state index contributed by atoms with van der Waals surface area (Å²) in [6.45, 7) is 5.09. The smallest absolute Gasteiger partial charge is 0.351 e. The lowest BCUT2D eigenvalue weighted by molar-refractivity contribution is -0.117. The fraction of sp³-hybridized carbons (Fsp3) is 0.174. The first-order chi connectivity index (χ1) is 15.3. The molecule has 0 aliphatic rings. The van der Waals surface area contributed by atoms with E-state index >= 15 is 0 Å². The monoisotopic (exact) mass is 431 g/mol. The molecule has 4 rings (SSSR count). The zero-order valence-electron chi connectivity index (χ0n) is 17.8. The number of nitrogens with zero attached hydrogens (tertiary/aromatic N) is 4. The first-order valence-corrected chi connectivity index (χ1v) is 9.91. The first-order valence-electron chi connectivity index (χ1n) is 9.91. The summed E-state index contributed by atoms with van der Waals surface area (Å²) in [5, 5.41) is 6.94. The Balaban J connectivity index is 1.56. The normalized spacial score (nSPS) is 10.8. The van der Waals surface area contributed by atoms with Crippen LogP contribution in [0.2, 0.25) is 0 Å². The summed E-state index contributed by atoms with van der Waals surface area (Å²) in [5.41, 5.74) is 2.83. The standard InChI is InChI=1S/C23H21N5O4/c1-14-10-15(2)12-19(11-14)32-22-21-26-28(23(31)27(21)9-8-24-22)13-20(30)25-18-6-4-17(5-7-18)16(3)29/h4-12H,13H2,1-3H3,(H,25,30). The number of ether oxygens (including phenoxy) is 1. The van der Waals surface area contributed by atoms with Crippen LogP contribution in [0.1, 0.15) is 28.4 Å². The maximum atomic E-state index is 12.7. The third kappa shape index (κ3) is 4.41. The summed E-state index contributed by atoms with van der Waals surface area (Å²) < 4.78 is 8.20. The minimum absolute atomic E-state index is 0.0633. The summed E-state index contributed by atoms with van der Waals surface area (Å²) in [4.78, 5) is 40.7. The fourth-order valence-electron chi connectivity index (χ4n) is 3.33. The number of aryl methyl sites for hydroxylation is 2. The van der Waals surface area contributed by atoms with Gasteiger partial charge in [0.2, 0.25) is 11.6 Å². The van der Waals surface area contributed by atoms with E-state index in [1.165, 1.54) is 23.7 Å². The van der Waals surface area contributed by atoms with Gasteiger partial charge in [0.1, 0.15) is 12.3 Å². The molecule has 0 spiro atoms. The lowest BCUT2D eigenvalue weighted by Crippen LogP contribution is -2.28. The molecule has 0 atom stereocenters. The van der Waals surface area contributed by atoms with Crippen LogP contribution in [0.3, 0.4) is 0 Å². The van der Waals surface area contributed by atoms with Crippen LogP contribution >= 0.6 is 0 Å². The first kappa shape index (κ1) is 21.0. The highest BCUT2D eigenvalue weighted by atomic mass is 16.5. The van der Waals surface area contributed by atoms with Gasteiger partial charge in [-0.15, -0.1) is 5.10 Å². The second kappa shape index (κ2) is 8.46. The molecule has 162 valence electrons. The van der Waals surface area contributed by atoms with Gasteiger partial charge in [-0.2, -0.15) is 0 Å². The van der Waals surface area contributed by atoms with Crippen molar-refractivity contribution < 1.29 is 14.3 Å². The Bertz CT molecular complexity index is 1370. The van der Waals surface area contributed by atoms with Crippen molar-refractivity contribution in [2.45, 2.75) is 27.3 Å². The number of anilines is 1. The van der Waals surface area contributed by atoms with E-state index in [0.29, 0.717) is 17.0 Å². The second-order valence-electron chi connectivity index (χ2n) is 7.47. The molecule has 0 saturated heterocycles. The molecule has 0 bridgehead atoms. The van der Waals surface area contributed by atoms with Crippen molar-refractivity contribution in [2.75, 3.05) is 5.32 Å². The van der Waals surface area contributed by atoms with Crippen LogP contribution in [0, 0.1) is 13.8 Å². The average Bonchev–Trinajstić information content (AvgIpc) is 3.04. The van der Waals surface area contributed by atoms with Crippen molar-refractivity contribution in [3.63, 3.8) is 0 Å². The Morgan fingerprint density at radius 2 is 1.75 bits per heavy atom. The predicted molar refractivity (Wildman–Crippen MR) is 118 cm³/mol. The zero-order valence-corrected chi connectivity index (χ0v) is 17.8. The van der Waals surface area contributed by atoms with Gasteiger partial charge >= 0.3 is 5.69 Å². The van der Waals surface area contributed by atoms with Crippen molar-refractivity contribution in [3.05, 3.63) is 82.0 Å². The lowest BCUT2D eigenvalue weighted by atomic mass is 10.1. The molecule has 0 aliphatic carbocycles. The molecule has 9 nitrogen and oxygen atoms in total. The summed E-state index contributed by atoms with van der Waals surface area (Å²) in [7, 11) is 0. The predicted octanol–water partition coefficient (Wildman–Crippen LogP) is 3.14.